The van der Waals surface area contributed by atoms with Gasteiger partial charge >= 0.3 is 7.60 Å². The summed E-state index contributed by atoms with van der Waals surface area (Å²) in [6.07, 6.45) is -0.500. The summed E-state index contributed by atoms with van der Waals surface area (Å²) in [6.45, 7) is 9.22. The minimum atomic E-state index is -3.53. The average Bonchev–Trinajstić information content (AvgIpc) is 2.55. The zero-order chi connectivity index (χ0) is 15.5. The van der Waals surface area contributed by atoms with E-state index in [0.717, 1.165) is 10.8 Å². The number of nitrogens with zero attached hydrogens (tertiary/aromatic N) is 2. The third-order valence-corrected chi connectivity index (χ3v) is 6.02. The van der Waals surface area contributed by atoms with Gasteiger partial charge in [-0.3, -0.25) is 9.25 Å². The molecule has 0 bridgehead atoms. The lowest BCUT2D eigenvalue weighted by Crippen LogP contribution is -2.19. The Kier molecular flexibility index (Phi) is 6.61. The lowest BCUT2D eigenvalue weighted by atomic mass is 10.5. The maximum Gasteiger partial charge on any atom is 0.383 e. The first kappa shape index (κ1) is 18.1. The van der Waals surface area contributed by atoms with Crippen molar-refractivity contribution in [3.63, 3.8) is 0 Å². The number of thioether (sulfide) groups is 1. The van der Waals surface area contributed by atoms with Crippen LogP contribution in [0.25, 0.3) is 0 Å². The SMILES string of the molecule is CCSc1c(Cl)c(P(=O)(OC(C)C)OC(C)C)nn1C. The van der Waals surface area contributed by atoms with Gasteiger partial charge in [0.25, 0.3) is 0 Å². The maximum atomic E-state index is 13.0. The number of rotatable bonds is 7. The molecule has 1 heterocycles. The molecule has 0 saturated heterocycles. The molecular formula is C12H22ClN2O3PS. The molecule has 116 valence electrons. The Balaban J connectivity index is 3.27. The van der Waals surface area contributed by atoms with Crippen LogP contribution in [-0.4, -0.2) is 27.7 Å². The van der Waals surface area contributed by atoms with E-state index in [-0.39, 0.29) is 17.6 Å². The highest BCUT2D eigenvalue weighted by Crippen LogP contribution is 2.51. The Labute approximate surface area is 129 Å². The highest BCUT2D eigenvalue weighted by molar-refractivity contribution is 7.99. The Morgan fingerprint density at radius 1 is 1.30 bits per heavy atom. The van der Waals surface area contributed by atoms with Crippen LogP contribution in [0.4, 0.5) is 0 Å². The lowest BCUT2D eigenvalue weighted by molar-refractivity contribution is 0.149. The van der Waals surface area contributed by atoms with E-state index < -0.39 is 7.60 Å². The number of aryl methyl sites for hydroxylation is 1. The topological polar surface area (TPSA) is 53.4 Å². The molecule has 0 amide bonds. The molecule has 0 aliphatic heterocycles. The van der Waals surface area contributed by atoms with Crippen molar-refractivity contribution < 1.29 is 13.6 Å². The summed E-state index contributed by atoms with van der Waals surface area (Å²) in [5, 5.41) is 5.38. The number of aromatic nitrogens is 2. The van der Waals surface area contributed by atoms with Gasteiger partial charge in [-0.15, -0.1) is 11.8 Å². The number of hydrogen-bond donors (Lipinski definition) is 0. The number of halogens is 1. The second kappa shape index (κ2) is 7.32. The Morgan fingerprint density at radius 3 is 2.20 bits per heavy atom. The van der Waals surface area contributed by atoms with Crippen LogP contribution in [0.15, 0.2) is 5.03 Å². The van der Waals surface area contributed by atoms with E-state index in [1.54, 1.807) is 39.4 Å². The van der Waals surface area contributed by atoms with Crippen LogP contribution in [0.3, 0.4) is 0 Å². The molecule has 0 aliphatic carbocycles. The van der Waals surface area contributed by atoms with Crippen molar-refractivity contribution in [2.75, 3.05) is 5.75 Å². The first-order valence-electron chi connectivity index (χ1n) is 6.54. The van der Waals surface area contributed by atoms with Gasteiger partial charge in [-0.25, -0.2) is 0 Å². The smallest absolute Gasteiger partial charge is 0.301 e. The molecule has 0 fully saturated rings. The normalized spacial score (nSPS) is 12.7. The third-order valence-electron chi connectivity index (χ3n) is 2.16. The van der Waals surface area contributed by atoms with E-state index in [1.165, 1.54) is 11.8 Å². The van der Waals surface area contributed by atoms with Crippen molar-refractivity contribution in [3.8, 4) is 0 Å². The largest absolute Gasteiger partial charge is 0.383 e. The Morgan fingerprint density at radius 2 is 1.80 bits per heavy atom. The van der Waals surface area contributed by atoms with Crippen molar-refractivity contribution >= 4 is 36.4 Å². The van der Waals surface area contributed by atoms with Gasteiger partial charge in [0, 0.05) is 7.05 Å². The molecule has 0 saturated carbocycles. The minimum Gasteiger partial charge on any atom is -0.301 e. The van der Waals surface area contributed by atoms with Crippen molar-refractivity contribution in [1.82, 2.24) is 9.78 Å². The minimum absolute atomic E-state index is 0.194. The summed E-state index contributed by atoms with van der Waals surface area (Å²) in [5.74, 6) is 0.846. The molecule has 0 radical (unpaired) electrons. The van der Waals surface area contributed by atoms with Crippen molar-refractivity contribution in [1.29, 1.82) is 0 Å². The van der Waals surface area contributed by atoms with Gasteiger partial charge in [0.15, 0.2) is 5.44 Å². The monoisotopic (exact) mass is 340 g/mol. The molecule has 0 N–H and O–H groups in total. The third kappa shape index (κ3) is 4.25. The van der Waals surface area contributed by atoms with Gasteiger partial charge in [0.05, 0.1) is 12.2 Å². The van der Waals surface area contributed by atoms with E-state index in [0.29, 0.717) is 5.02 Å². The van der Waals surface area contributed by atoms with Gasteiger partial charge in [-0.2, -0.15) is 5.10 Å². The van der Waals surface area contributed by atoms with Gasteiger partial charge in [-0.05, 0) is 33.4 Å². The summed E-state index contributed by atoms with van der Waals surface area (Å²) in [5.41, 5.74) is 0.194. The van der Waals surface area contributed by atoms with Crippen molar-refractivity contribution in [3.05, 3.63) is 5.02 Å². The predicted octanol–water partition coefficient (Wildman–Crippen LogP) is 3.85. The standard InChI is InChI=1S/C12H22ClN2O3PS/c1-7-20-12-10(13)11(14-15(12)6)19(16,17-8(2)3)18-9(4)5/h8-9H,7H2,1-6H3. The van der Waals surface area contributed by atoms with E-state index in [4.69, 9.17) is 20.6 Å². The predicted molar refractivity (Wildman–Crippen MR) is 84.3 cm³/mol. The van der Waals surface area contributed by atoms with Crippen LogP contribution in [0.2, 0.25) is 5.02 Å². The summed E-state index contributed by atoms with van der Waals surface area (Å²) in [7, 11) is -1.76. The Hall–Kier alpha value is -0.0000000000000000555. The van der Waals surface area contributed by atoms with E-state index in [2.05, 4.69) is 5.10 Å². The van der Waals surface area contributed by atoms with Gasteiger partial charge in [0.2, 0.25) is 0 Å². The molecule has 0 aromatic carbocycles. The molecule has 8 heteroatoms. The van der Waals surface area contributed by atoms with Crippen LogP contribution < -0.4 is 5.44 Å². The molecule has 20 heavy (non-hydrogen) atoms. The summed E-state index contributed by atoms with van der Waals surface area (Å²) in [6, 6.07) is 0. The van der Waals surface area contributed by atoms with Crippen LogP contribution in [0.1, 0.15) is 34.6 Å². The van der Waals surface area contributed by atoms with E-state index in [1.807, 2.05) is 6.92 Å². The van der Waals surface area contributed by atoms with Crippen LogP contribution in [0, 0.1) is 0 Å². The van der Waals surface area contributed by atoms with Crippen molar-refractivity contribution in [2.24, 2.45) is 7.05 Å². The molecule has 0 spiro atoms. The van der Waals surface area contributed by atoms with Gasteiger partial charge in [-0.1, -0.05) is 18.5 Å². The van der Waals surface area contributed by atoms with Crippen LogP contribution in [-0.2, 0) is 20.7 Å². The molecular weight excluding hydrogens is 319 g/mol. The molecule has 1 aromatic rings. The summed E-state index contributed by atoms with van der Waals surface area (Å²) >= 11 is 7.86. The Bertz CT molecular complexity index is 491. The van der Waals surface area contributed by atoms with Crippen molar-refractivity contribution in [2.45, 2.75) is 51.9 Å². The average molecular weight is 341 g/mol. The fourth-order valence-electron chi connectivity index (χ4n) is 1.62. The summed E-state index contributed by atoms with van der Waals surface area (Å²) < 4.78 is 25.7. The molecule has 0 unspecified atom stereocenters. The zero-order valence-corrected chi connectivity index (χ0v) is 15.2. The highest BCUT2D eigenvalue weighted by Gasteiger charge is 2.37. The first-order chi connectivity index (χ1) is 9.21. The van der Waals surface area contributed by atoms with Crippen LogP contribution >= 0.6 is 31.0 Å². The molecule has 0 aliphatic rings. The van der Waals surface area contributed by atoms with Gasteiger partial charge < -0.3 is 9.05 Å². The zero-order valence-electron chi connectivity index (χ0n) is 12.7. The second-order valence-corrected chi connectivity index (χ2v) is 8.28. The summed E-state index contributed by atoms with van der Waals surface area (Å²) in [4.78, 5) is 0. The van der Waals surface area contributed by atoms with Gasteiger partial charge in [0.1, 0.15) is 10.0 Å². The highest BCUT2D eigenvalue weighted by atomic mass is 35.5. The fraction of sp³-hybridized carbons (Fsp3) is 0.750. The molecule has 0 atom stereocenters. The number of hydrogen-bond acceptors (Lipinski definition) is 5. The van der Waals surface area contributed by atoms with E-state index >= 15 is 0 Å². The van der Waals surface area contributed by atoms with E-state index in [9.17, 15) is 4.57 Å². The first-order valence-corrected chi connectivity index (χ1v) is 9.44. The molecule has 5 nitrogen and oxygen atoms in total. The second-order valence-electron chi connectivity index (χ2n) is 4.81. The van der Waals surface area contributed by atoms with Crippen LogP contribution in [0.5, 0.6) is 0 Å². The maximum absolute atomic E-state index is 13.0. The molecule has 1 aromatic heterocycles. The lowest BCUT2D eigenvalue weighted by Gasteiger charge is -2.21. The fourth-order valence-corrected chi connectivity index (χ4v) is 5.00. The molecule has 1 rings (SSSR count). The quantitative estimate of drug-likeness (QED) is 0.557.